The molecule has 78 valence electrons. The Labute approximate surface area is 82.7 Å². The van der Waals surface area contributed by atoms with Gasteiger partial charge in [0.2, 0.25) is 5.91 Å². The normalized spacial score (nSPS) is 13.8. The molecule has 0 aromatic rings. The number of carboxylic acids is 1. The zero-order chi connectivity index (χ0) is 11.1. The quantitative estimate of drug-likeness (QED) is 0.510. The van der Waals surface area contributed by atoms with Gasteiger partial charge in [0.15, 0.2) is 0 Å². The Balaban J connectivity index is 4.16. The van der Waals surface area contributed by atoms with E-state index in [1.807, 2.05) is 0 Å². The fourth-order valence-corrected chi connectivity index (χ4v) is 0.837. The molecule has 0 bridgehead atoms. The molecule has 0 saturated carbocycles. The van der Waals surface area contributed by atoms with E-state index in [0.29, 0.717) is 6.42 Å². The molecular formula is C9H14N2O3. The Morgan fingerprint density at radius 3 is 2.57 bits per heavy atom. The number of amides is 1. The molecule has 0 aliphatic heterocycles. The Kier molecular flexibility index (Phi) is 5.34. The first-order valence-electron chi connectivity index (χ1n) is 4.25. The summed E-state index contributed by atoms with van der Waals surface area (Å²) >= 11 is 0. The number of carbonyl (C=O) groups excluding carboxylic acids is 1. The van der Waals surface area contributed by atoms with E-state index < -0.39 is 24.0 Å². The lowest BCUT2D eigenvalue weighted by Crippen LogP contribution is -2.48. The molecule has 0 heterocycles. The van der Waals surface area contributed by atoms with Crippen molar-refractivity contribution in [2.24, 2.45) is 5.73 Å². The first-order valence-corrected chi connectivity index (χ1v) is 4.25. The number of hydrogen-bond donors (Lipinski definition) is 3. The molecular weight excluding hydrogens is 184 g/mol. The highest BCUT2D eigenvalue weighted by molar-refractivity contribution is 5.86. The van der Waals surface area contributed by atoms with Gasteiger partial charge in [-0.05, 0) is 6.42 Å². The number of carboxylic acid groups (broad SMARTS) is 1. The zero-order valence-corrected chi connectivity index (χ0v) is 7.99. The first kappa shape index (κ1) is 12.5. The molecule has 0 fully saturated rings. The summed E-state index contributed by atoms with van der Waals surface area (Å²) in [5.41, 5.74) is 5.38. The Morgan fingerprint density at radius 1 is 1.64 bits per heavy atom. The van der Waals surface area contributed by atoms with Crippen molar-refractivity contribution in [3.63, 3.8) is 0 Å². The maximum Gasteiger partial charge on any atom is 0.326 e. The van der Waals surface area contributed by atoms with Gasteiger partial charge in [-0.15, -0.1) is 12.3 Å². The van der Waals surface area contributed by atoms with Crippen molar-refractivity contribution < 1.29 is 14.7 Å². The predicted octanol–water partition coefficient (Wildman–Crippen LogP) is -0.684. The van der Waals surface area contributed by atoms with Crippen LogP contribution >= 0.6 is 0 Å². The molecule has 0 rings (SSSR count). The lowest BCUT2D eigenvalue weighted by Gasteiger charge is -2.14. The summed E-state index contributed by atoms with van der Waals surface area (Å²) in [6, 6.07) is -1.74. The highest BCUT2D eigenvalue weighted by Crippen LogP contribution is 1.93. The second-order valence-corrected chi connectivity index (χ2v) is 2.82. The van der Waals surface area contributed by atoms with Crippen LogP contribution in [0.2, 0.25) is 0 Å². The smallest absolute Gasteiger partial charge is 0.326 e. The van der Waals surface area contributed by atoms with E-state index in [0.717, 1.165) is 0 Å². The van der Waals surface area contributed by atoms with Gasteiger partial charge < -0.3 is 16.2 Å². The van der Waals surface area contributed by atoms with Crippen LogP contribution in [0.5, 0.6) is 0 Å². The Hall–Kier alpha value is -1.54. The number of rotatable bonds is 5. The highest BCUT2D eigenvalue weighted by atomic mass is 16.4. The third kappa shape index (κ3) is 3.92. The van der Waals surface area contributed by atoms with Gasteiger partial charge in [-0.3, -0.25) is 4.79 Å². The van der Waals surface area contributed by atoms with Gasteiger partial charge in [-0.1, -0.05) is 6.92 Å². The monoisotopic (exact) mass is 198 g/mol. The van der Waals surface area contributed by atoms with Crippen LogP contribution in [-0.4, -0.2) is 29.1 Å². The van der Waals surface area contributed by atoms with Crippen LogP contribution in [0.3, 0.4) is 0 Å². The van der Waals surface area contributed by atoms with Crippen LogP contribution in [0.1, 0.15) is 19.8 Å². The minimum atomic E-state index is -1.08. The van der Waals surface area contributed by atoms with Gasteiger partial charge >= 0.3 is 5.97 Å². The maximum atomic E-state index is 11.2. The standard InChI is InChI=1S/C9H14N2O3/c1-3-5-6(10)8(12)11-7(4-2)9(13)14/h1,6-7H,4-5,10H2,2H3,(H,11,12)(H,13,14)/t6?,7-/m0/s1. The number of nitrogens with one attached hydrogen (secondary N) is 1. The van der Waals surface area contributed by atoms with E-state index in [2.05, 4.69) is 11.2 Å². The van der Waals surface area contributed by atoms with Crippen LogP contribution in [-0.2, 0) is 9.59 Å². The van der Waals surface area contributed by atoms with Crippen molar-refractivity contribution in [2.45, 2.75) is 31.8 Å². The molecule has 0 aliphatic carbocycles. The molecule has 1 unspecified atom stereocenters. The van der Waals surface area contributed by atoms with E-state index in [-0.39, 0.29) is 6.42 Å². The fraction of sp³-hybridized carbons (Fsp3) is 0.556. The van der Waals surface area contributed by atoms with Gasteiger partial charge in [0.1, 0.15) is 6.04 Å². The van der Waals surface area contributed by atoms with Gasteiger partial charge in [0.05, 0.1) is 6.04 Å². The summed E-state index contributed by atoms with van der Waals surface area (Å²) in [5, 5.41) is 10.9. The van der Waals surface area contributed by atoms with E-state index in [4.69, 9.17) is 17.3 Å². The minimum Gasteiger partial charge on any atom is -0.480 e. The molecule has 0 aromatic heterocycles. The van der Waals surface area contributed by atoms with Gasteiger partial charge in [-0.25, -0.2) is 4.79 Å². The van der Waals surface area contributed by atoms with Crippen molar-refractivity contribution >= 4 is 11.9 Å². The number of aliphatic carboxylic acids is 1. The molecule has 0 aliphatic rings. The van der Waals surface area contributed by atoms with E-state index in [1.165, 1.54) is 0 Å². The molecule has 0 radical (unpaired) electrons. The minimum absolute atomic E-state index is 0.0991. The molecule has 5 heteroatoms. The van der Waals surface area contributed by atoms with Crippen molar-refractivity contribution in [1.82, 2.24) is 5.32 Å². The lowest BCUT2D eigenvalue weighted by molar-refractivity contribution is -0.142. The van der Waals surface area contributed by atoms with Crippen molar-refractivity contribution in [2.75, 3.05) is 0 Å². The lowest BCUT2D eigenvalue weighted by atomic mass is 10.1. The summed E-state index contributed by atoms with van der Waals surface area (Å²) in [6.07, 6.45) is 5.37. The van der Waals surface area contributed by atoms with Gasteiger partial charge in [0.25, 0.3) is 0 Å². The average molecular weight is 198 g/mol. The van der Waals surface area contributed by atoms with Crippen LogP contribution in [0.4, 0.5) is 0 Å². The SMILES string of the molecule is C#CCC(N)C(=O)N[C@@H](CC)C(=O)O. The van der Waals surface area contributed by atoms with Crippen LogP contribution < -0.4 is 11.1 Å². The van der Waals surface area contributed by atoms with E-state index in [9.17, 15) is 9.59 Å². The molecule has 0 aromatic carbocycles. The van der Waals surface area contributed by atoms with Gasteiger partial charge in [-0.2, -0.15) is 0 Å². The maximum absolute atomic E-state index is 11.2. The van der Waals surface area contributed by atoms with Crippen LogP contribution in [0.15, 0.2) is 0 Å². The van der Waals surface area contributed by atoms with Crippen molar-refractivity contribution in [3.05, 3.63) is 0 Å². The van der Waals surface area contributed by atoms with Crippen molar-refractivity contribution in [3.8, 4) is 12.3 Å². The third-order valence-electron chi connectivity index (χ3n) is 1.70. The summed E-state index contributed by atoms with van der Waals surface area (Å²) in [4.78, 5) is 21.8. The Morgan fingerprint density at radius 2 is 2.21 bits per heavy atom. The van der Waals surface area contributed by atoms with Crippen LogP contribution in [0.25, 0.3) is 0 Å². The molecule has 5 nitrogen and oxygen atoms in total. The number of carbonyl (C=O) groups is 2. The molecule has 0 saturated heterocycles. The second-order valence-electron chi connectivity index (χ2n) is 2.82. The third-order valence-corrected chi connectivity index (χ3v) is 1.70. The number of terminal acetylenes is 1. The summed E-state index contributed by atoms with van der Waals surface area (Å²) in [5.74, 6) is 0.630. The predicted molar refractivity (Wildman–Crippen MR) is 51.3 cm³/mol. The van der Waals surface area contributed by atoms with E-state index in [1.54, 1.807) is 6.92 Å². The number of hydrogen-bond acceptors (Lipinski definition) is 3. The highest BCUT2D eigenvalue weighted by Gasteiger charge is 2.20. The summed E-state index contributed by atoms with van der Waals surface area (Å²) < 4.78 is 0. The molecule has 1 amide bonds. The summed E-state index contributed by atoms with van der Waals surface area (Å²) in [7, 11) is 0. The summed E-state index contributed by atoms with van der Waals surface area (Å²) in [6.45, 7) is 1.66. The molecule has 0 spiro atoms. The van der Waals surface area contributed by atoms with Crippen molar-refractivity contribution in [1.29, 1.82) is 0 Å². The van der Waals surface area contributed by atoms with E-state index >= 15 is 0 Å². The van der Waals surface area contributed by atoms with Crippen LogP contribution in [0, 0.1) is 12.3 Å². The zero-order valence-electron chi connectivity index (χ0n) is 7.99. The fourth-order valence-electron chi connectivity index (χ4n) is 0.837. The molecule has 4 N–H and O–H groups in total. The largest absolute Gasteiger partial charge is 0.480 e. The molecule has 2 atom stereocenters. The first-order chi connectivity index (χ1) is 6.52. The topological polar surface area (TPSA) is 92.4 Å². The Bertz CT molecular complexity index is 257. The van der Waals surface area contributed by atoms with Gasteiger partial charge in [0, 0.05) is 6.42 Å². The average Bonchev–Trinajstić information content (AvgIpc) is 2.13. The number of nitrogens with two attached hydrogens (primary N) is 1. The molecule has 14 heavy (non-hydrogen) atoms. The second kappa shape index (κ2) is 6.00.